The third-order valence-electron chi connectivity index (χ3n) is 3.17. The molecule has 0 bridgehead atoms. The topological polar surface area (TPSA) is 29.5 Å². The van der Waals surface area contributed by atoms with Crippen LogP contribution in [0.25, 0.3) is 0 Å². The van der Waals surface area contributed by atoms with Crippen LogP contribution in [0.15, 0.2) is 24.3 Å². The number of ketones is 1. The van der Waals surface area contributed by atoms with Gasteiger partial charge in [0.2, 0.25) is 0 Å². The Bertz CT molecular complexity index is 405. The lowest BCUT2D eigenvalue weighted by molar-refractivity contribution is 0.101. The number of ether oxygens (including phenoxy) is 1. The van der Waals surface area contributed by atoms with E-state index in [4.69, 9.17) is 4.74 Å². The molecular weight excluding hydrogens is 270 g/mol. The van der Waals surface area contributed by atoms with Gasteiger partial charge in [0, 0.05) is 12.3 Å². The molecule has 0 amide bonds. The molecule has 4 heteroatoms. The molecule has 0 heterocycles. The SMILES string of the molecule is CCOc1ccccc1C(=O)CSCCN(CC)CC. The van der Waals surface area contributed by atoms with Crippen LogP contribution in [0.3, 0.4) is 0 Å². The van der Waals surface area contributed by atoms with E-state index in [0.29, 0.717) is 23.7 Å². The molecule has 1 aromatic rings. The molecule has 0 N–H and O–H groups in total. The summed E-state index contributed by atoms with van der Waals surface area (Å²) in [7, 11) is 0. The number of hydrogen-bond acceptors (Lipinski definition) is 4. The highest BCUT2D eigenvalue weighted by molar-refractivity contribution is 8.00. The maximum Gasteiger partial charge on any atom is 0.176 e. The van der Waals surface area contributed by atoms with Gasteiger partial charge in [0.25, 0.3) is 0 Å². The van der Waals surface area contributed by atoms with Gasteiger partial charge in [-0.15, -0.1) is 0 Å². The second-order valence-corrected chi connectivity index (χ2v) is 5.54. The first-order valence-electron chi connectivity index (χ1n) is 7.28. The van der Waals surface area contributed by atoms with E-state index >= 15 is 0 Å². The van der Waals surface area contributed by atoms with Gasteiger partial charge in [-0.1, -0.05) is 26.0 Å². The predicted molar refractivity (Wildman–Crippen MR) is 87.1 cm³/mol. The fraction of sp³-hybridized carbons (Fsp3) is 0.562. The highest BCUT2D eigenvalue weighted by atomic mass is 32.2. The van der Waals surface area contributed by atoms with Crippen LogP contribution >= 0.6 is 11.8 Å². The number of carbonyl (C=O) groups excluding carboxylic acids is 1. The number of nitrogens with zero attached hydrogens (tertiary/aromatic N) is 1. The molecule has 0 aliphatic carbocycles. The molecule has 0 aliphatic rings. The van der Waals surface area contributed by atoms with Crippen molar-refractivity contribution in [2.45, 2.75) is 20.8 Å². The van der Waals surface area contributed by atoms with Gasteiger partial charge in [-0.25, -0.2) is 0 Å². The molecule has 0 radical (unpaired) electrons. The van der Waals surface area contributed by atoms with Crippen molar-refractivity contribution in [3.8, 4) is 5.75 Å². The van der Waals surface area contributed by atoms with Gasteiger partial charge >= 0.3 is 0 Å². The number of rotatable bonds is 10. The zero-order chi connectivity index (χ0) is 14.8. The first-order valence-corrected chi connectivity index (χ1v) is 8.43. The fourth-order valence-corrected chi connectivity index (χ4v) is 2.83. The summed E-state index contributed by atoms with van der Waals surface area (Å²) in [5, 5.41) is 0. The first-order chi connectivity index (χ1) is 9.72. The molecule has 0 atom stereocenters. The van der Waals surface area contributed by atoms with Crippen molar-refractivity contribution in [1.82, 2.24) is 4.90 Å². The van der Waals surface area contributed by atoms with Crippen molar-refractivity contribution >= 4 is 17.5 Å². The summed E-state index contributed by atoms with van der Waals surface area (Å²) in [5.74, 6) is 2.36. The number of Topliss-reactive ketones (excluding diaryl/α,β-unsaturated/α-hetero) is 1. The van der Waals surface area contributed by atoms with Crippen molar-refractivity contribution in [1.29, 1.82) is 0 Å². The van der Waals surface area contributed by atoms with Crippen LogP contribution in [0.2, 0.25) is 0 Å². The summed E-state index contributed by atoms with van der Waals surface area (Å²) in [4.78, 5) is 14.6. The third kappa shape index (κ3) is 5.55. The van der Waals surface area contributed by atoms with Gasteiger partial charge in [-0.3, -0.25) is 4.79 Å². The highest BCUT2D eigenvalue weighted by Crippen LogP contribution is 2.20. The number of hydrogen-bond donors (Lipinski definition) is 0. The molecule has 0 saturated heterocycles. The average molecular weight is 295 g/mol. The molecule has 0 saturated carbocycles. The van der Waals surface area contributed by atoms with Gasteiger partial charge in [0.05, 0.1) is 17.9 Å². The van der Waals surface area contributed by atoms with Gasteiger partial charge in [-0.05, 0) is 32.1 Å². The molecule has 1 rings (SSSR count). The zero-order valence-electron chi connectivity index (χ0n) is 12.7. The van der Waals surface area contributed by atoms with E-state index in [1.165, 1.54) is 0 Å². The molecular formula is C16H25NO2S. The smallest absolute Gasteiger partial charge is 0.176 e. The van der Waals surface area contributed by atoms with Crippen molar-refractivity contribution in [2.24, 2.45) is 0 Å². The molecule has 0 aliphatic heterocycles. The number of carbonyl (C=O) groups is 1. The van der Waals surface area contributed by atoms with Gasteiger partial charge < -0.3 is 9.64 Å². The summed E-state index contributed by atoms with van der Waals surface area (Å²) in [6, 6.07) is 7.49. The minimum Gasteiger partial charge on any atom is -0.493 e. The summed E-state index contributed by atoms with van der Waals surface area (Å²) in [6.07, 6.45) is 0. The summed E-state index contributed by atoms with van der Waals surface area (Å²) >= 11 is 1.70. The monoisotopic (exact) mass is 295 g/mol. The Balaban J connectivity index is 2.43. The molecule has 20 heavy (non-hydrogen) atoms. The Kier molecular flexibility index (Phi) is 8.38. The van der Waals surface area contributed by atoms with E-state index in [-0.39, 0.29) is 5.78 Å². The normalized spacial score (nSPS) is 10.8. The first kappa shape index (κ1) is 17.1. The second-order valence-electron chi connectivity index (χ2n) is 4.43. The van der Waals surface area contributed by atoms with E-state index in [1.807, 2.05) is 31.2 Å². The Morgan fingerprint density at radius 1 is 1.20 bits per heavy atom. The van der Waals surface area contributed by atoms with Gasteiger partial charge in [0.15, 0.2) is 5.78 Å². The molecule has 0 unspecified atom stereocenters. The van der Waals surface area contributed by atoms with Crippen molar-refractivity contribution < 1.29 is 9.53 Å². The van der Waals surface area contributed by atoms with Crippen LogP contribution in [0.4, 0.5) is 0 Å². The van der Waals surface area contributed by atoms with Crippen molar-refractivity contribution in [3.63, 3.8) is 0 Å². The molecule has 112 valence electrons. The molecule has 0 spiro atoms. The van der Waals surface area contributed by atoms with Crippen LogP contribution in [-0.2, 0) is 0 Å². The molecule has 3 nitrogen and oxygen atoms in total. The van der Waals surface area contributed by atoms with Crippen molar-refractivity contribution in [2.75, 3.05) is 37.7 Å². The van der Waals surface area contributed by atoms with Crippen LogP contribution in [0, 0.1) is 0 Å². The minimum absolute atomic E-state index is 0.151. The maximum atomic E-state index is 12.2. The maximum absolute atomic E-state index is 12.2. The van der Waals surface area contributed by atoms with Gasteiger partial charge in [-0.2, -0.15) is 11.8 Å². The van der Waals surface area contributed by atoms with E-state index < -0.39 is 0 Å². The van der Waals surface area contributed by atoms with Crippen LogP contribution in [-0.4, -0.2) is 48.4 Å². The third-order valence-corrected chi connectivity index (χ3v) is 4.10. The quantitative estimate of drug-likeness (QED) is 0.489. The second kappa shape index (κ2) is 9.83. The standard InChI is InChI=1S/C16H25NO2S/c1-4-17(5-2)11-12-20-13-15(18)14-9-7-8-10-16(14)19-6-3/h7-10H,4-6,11-13H2,1-3H3. The van der Waals surface area contributed by atoms with Crippen molar-refractivity contribution in [3.05, 3.63) is 29.8 Å². The van der Waals surface area contributed by atoms with E-state index in [2.05, 4.69) is 18.7 Å². The van der Waals surface area contributed by atoms with E-state index in [9.17, 15) is 4.79 Å². The number of thioether (sulfide) groups is 1. The summed E-state index contributed by atoms with van der Waals surface area (Å²) in [6.45, 7) is 10.0. The molecule has 0 aromatic heterocycles. The van der Waals surface area contributed by atoms with Crippen LogP contribution in [0.1, 0.15) is 31.1 Å². The van der Waals surface area contributed by atoms with E-state index in [0.717, 1.165) is 25.4 Å². The Hall–Kier alpha value is -1.00. The molecule has 1 aromatic carbocycles. The highest BCUT2D eigenvalue weighted by Gasteiger charge is 2.11. The Morgan fingerprint density at radius 2 is 1.90 bits per heavy atom. The zero-order valence-corrected chi connectivity index (χ0v) is 13.5. The molecule has 0 fully saturated rings. The minimum atomic E-state index is 0.151. The summed E-state index contributed by atoms with van der Waals surface area (Å²) in [5.41, 5.74) is 0.699. The van der Waals surface area contributed by atoms with Gasteiger partial charge in [0.1, 0.15) is 5.75 Å². The van der Waals surface area contributed by atoms with Crippen LogP contribution < -0.4 is 4.74 Å². The largest absolute Gasteiger partial charge is 0.493 e. The number of para-hydroxylation sites is 1. The number of benzene rings is 1. The fourth-order valence-electron chi connectivity index (χ4n) is 1.95. The lowest BCUT2D eigenvalue weighted by Crippen LogP contribution is -2.25. The Labute approximate surface area is 126 Å². The lowest BCUT2D eigenvalue weighted by Gasteiger charge is -2.17. The lowest BCUT2D eigenvalue weighted by atomic mass is 10.1. The average Bonchev–Trinajstić information content (AvgIpc) is 2.48. The predicted octanol–water partition coefficient (Wildman–Crippen LogP) is 3.34. The Morgan fingerprint density at radius 3 is 2.55 bits per heavy atom. The van der Waals surface area contributed by atoms with Crippen LogP contribution in [0.5, 0.6) is 5.75 Å². The summed E-state index contributed by atoms with van der Waals surface area (Å²) < 4.78 is 5.50. The van der Waals surface area contributed by atoms with E-state index in [1.54, 1.807) is 11.8 Å².